The first-order valence-electron chi connectivity index (χ1n) is 9.06. The Kier molecular flexibility index (Phi) is 5.17. The van der Waals surface area contributed by atoms with Crippen molar-refractivity contribution in [3.63, 3.8) is 0 Å². The van der Waals surface area contributed by atoms with Crippen molar-refractivity contribution in [2.24, 2.45) is 0 Å². The van der Waals surface area contributed by atoms with E-state index in [0.29, 0.717) is 5.56 Å². The highest BCUT2D eigenvalue weighted by molar-refractivity contribution is 5.89. The molecule has 2 unspecified atom stereocenters. The van der Waals surface area contributed by atoms with E-state index in [1.165, 1.54) is 5.06 Å². The largest absolute Gasteiger partial charge is 0.454 e. The number of nitrogens with zero attached hydrogens (tertiary/aromatic N) is 1. The van der Waals surface area contributed by atoms with Crippen LogP contribution in [0.1, 0.15) is 33.6 Å². The van der Waals surface area contributed by atoms with Crippen LogP contribution in [0.25, 0.3) is 0 Å². The van der Waals surface area contributed by atoms with Crippen LogP contribution in [-0.4, -0.2) is 23.5 Å². The van der Waals surface area contributed by atoms with Crippen LogP contribution >= 0.6 is 0 Å². The molecule has 0 spiro atoms. The topological polar surface area (TPSA) is 55.8 Å². The average molecular weight is 373 g/mol. The normalized spacial score (nSPS) is 19.6. The number of hydrogen-bond acceptors (Lipinski definition) is 5. The summed E-state index contributed by atoms with van der Waals surface area (Å²) < 4.78 is 5.69. The zero-order valence-corrected chi connectivity index (χ0v) is 15.1. The number of carbonyl (C=O) groups excluding carboxylic acids is 2. The number of ether oxygens (including phenoxy) is 1. The van der Waals surface area contributed by atoms with Crippen LogP contribution in [0.3, 0.4) is 0 Å². The maximum Gasteiger partial charge on any atom is 0.357 e. The molecule has 2 atom stereocenters. The van der Waals surface area contributed by atoms with Gasteiger partial charge in [0.25, 0.3) is 0 Å². The lowest BCUT2D eigenvalue weighted by atomic mass is 9.94. The van der Waals surface area contributed by atoms with E-state index in [4.69, 9.17) is 9.57 Å². The second-order valence-corrected chi connectivity index (χ2v) is 6.50. The van der Waals surface area contributed by atoms with Crippen molar-refractivity contribution in [2.75, 3.05) is 6.54 Å². The highest BCUT2D eigenvalue weighted by Crippen LogP contribution is 2.40. The third-order valence-electron chi connectivity index (χ3n) is 4.62. The molecule has 3 aromatic rings. The molecule has 3 aromatic carbocycles. The van der Waals surface area contributed by atoms with Crippen molar-refractivity contribution < 1.29 is 19.2 Å². The third kappa shape index (κ3) is 3.80. The van der Waals surface area contributed by atoms with Gasteiger partial charge in [0.1, 0.15) is 18.7 Å². The zero-order chi connectivity index (χ0) is 19.3. The number of carbonyl (C=O) groups is 2. The lowest BCUT2D eigenvalue weighted by Gasteiger charge is -2.39. The van der Waals surface area contributed by atoms with Gasteiger partial charge in [-0.05, 0) is 23.3 Å². The summed E-state index contributed by atoms with van der Waals surface area (Å²) in [5, 5.41) is 1.42. The van der Waals surface area contributed by atoms with Gasteiger partial charge in [-0.25, -0.2) is 4.79 Å². The van der Waals surface area contributed by atoms with Gasteiger partial charge in [0.15, 0.2) is 0 Å². The van der Waals surface area contributed by atoms with Gasteiger partial charge in [0.05, 0.1) is 5.56 Å². The minimum absolute atomic E-state index is 0.137. The first-order valence-corrected chi connectivity index (χ1v) is 9.06. The highest BCUT2D eigenvalue weighted by Gasteiger charge is 2.41. The Labute approximate surface area is 163 Å². The van der Waals surface area contributed by atoms with E-state index in [9.17, 15) is 9.59 Å². The van der Waals surface area contributed by atoms with Gasteiger partial charge < -0.3 is 9.57 Å². The predicted octanol–water partition coefficient (Wildman–Crippen LogP) is 4.10. The van der Waals surface area contributed by atoms with E-state index in [-0.39, 0.29) is 6.54 Å². The summed E-state index contributed by atoms with van der Waals surface area (Å²) in [5.41, 5.74) is 2.15. The summed E-state index contributed by atoms with van der Waals surface area (Å²) in [6.45, 7) is -0.137. The average Bonchev–Trinajstić information content (AvgIpc) is 2.75. The Bertz CT molecular complexity index is 944. The minimum atomic E-state index is -0.589. The molecule has 1 aliphatic heterocycles. The molecule has 1 saturated heterocycles. The van der Waals surface area contributed by atoms with Crippen molar-refractivity contribution in [2.45, 2.75) is 12.1 Å². The molecule has 5 nitrogen and oxygen atoms in total. The fourth-order valence-electron chi connectivity index (χ4n) is 3.33. The number of esters is 1. The van der Waals surface area contributed by atoms with Crippen molar-refractivity contribution in [1.82, 2.24) is 5.06 Å². The molecule has 1 aliphatic rings. The van der Waals surface area contributed by atoms with E-state index in [1.54, 1.807) is 24.3 Å². The first-order chi connectivity index (χ1) is 13.7. The molecule has 0 amide bonds. The van der Waals surface area contributed by atoms with Crippen LogP contribution in [0, 0.1) is 0 Å². The van der Waals surface area contributed by atoms with Gasteiger partial charge in [0.2, 0.25) is 0 Å². The number of morpholine rings is 1. The van der Waals surface area contributed by atoms with Crippen molar-refractivity contribution >= 4 is 11.9 Å². The molecular weight excluding hydrogens is 354 g/mol. The van der Waals surface area contributed by atoms with Crippen LogP contribution < -0.4 is 0 Å². The van der Waals surface area contributed by atoms with Crippen LogP contribution in [0.15, 0.2) is 91.0 Å². The monoisotopic (exact) mass is 373 g/mol. The van der Waals surface area contributed by atoms with Gasteiger partial charge in [-0.2, -0.15) is 0 Å². The number of hydrogen-bond donors (Lipinski definition) is 0. The van der Waals surface area contributed by atoms with E-state index >= 15 is 0 Å². The molecule has 4 rings (SSSR count). The molecule has 1 heterocycles. The summed E-state index contributed by atoms with van der Waals surface area (Å²) >= 11 is 0. The molecule has 0 saturated carbocycles. The molecule has 140 valence electrons. The second-order valence-electron chi connectivity index (χ2n) is 6.50. The summed E-state index contributed by atoms with van der Waals surface area (Å²) in [4.78, 5) is 30.6. The Balaban J connectivity index is 1.70. The predicted molar refractivity (Wildman–Crippen MR) is 103 cm³/mol. The summed E-state index contributed by atoms with van der Waals surface area (Å²) in [6, 6.07) is 27.3. The van der Waals surface area contributed by atoms with Gasteiger partial charge in [-0.15, -0.1) is 5.06 Å². The standard InChI is InChI=1S/C23H19NO4/c25-20-16-24(28-23(26)19-14-8-3-9-15-19)21(17-10-4-1-5-11-17)22(27-20)18-12-6-2-7-13-18/h1-15,21-22H,16H2. The Morgan fingerprint density at radius 3 is 1.96 bits per heavy atom. The molecule has 0 aromatic heterocycles. The summed E-state index contributed by atoms with van der Waals surface area (Å²) in [6.07, 6.45) is -0.589. The zero-order valence-electron chi connectivity index (χ0n) is 15.1. The molecule has 0 N–H and O–H groups in total. The smallest absolute Gasteiger partial charge is 0.357 e. The van der Waals surface area contributed by atoms with Crippen LogP contribution in [-0.2, 0) is 14.4 Å². The number of rotatable bonds is 4. The third-order valence-corrected chi connectivity index (χ3v) is 4.62. The van der Waals surface area contributed by atoms with Crippen LogP contribution in [0.5, 0.6) is 0 Å². The number of cyclic esters (lactones) is 1. The summed E-state index contributed by atoms with van der Waals surface area (Å²) in [5.74, 6) is -0.954. The quantitative estimate of drug-likeness (QED) is 0.645. The van der Waals surface area contributed by atoms with Gasteiger partial charge >= 0.3 is 11.9 Å². The SMILES string of the molecule is O=C1CN(OC(=O)c2ccccc2)C(c2ccccc2)C(c2ccccc2)O1. The molecule has 5 heteroatoms. The highest BCUT2D eigenvalue weighted by atomic mass is 16.7. The van der Waals surface area contributed by atoms with Crippen molar-refractivity contribution in [3.8, 4) is 0 Å². The van der Waals surface area contributed by atoms with Crippen molar-refractivity contribution in [3.05, 3.63) is 108 Å². The van der Waals surface area contributed by atoms with Gasteiger partial charge in [-0.1, -0.05) is 78.9 Å². The maximum absolute atomic E-state index is 12.6. The number of benzene rings is 3. The Morgan fingerprint density at radius 2 is 1.36 bits per heavy atom. The maximum atomic E-state index is 12.6. The first kappa shape index (κ1) is 17.9. The van der Waals surface area contributed by atoms with Crippen LogP contribution in [0.4, 0.5) is 0 Å². The van der Waals surface area contributed by atoms with E-state index in [0.717, 1.165) is 11.1 Å². The van der Waals surface area contributed by atoms with Gasteiger partial charge in [-0.3, -0.25) is 4.79 Å². The minimum Gasteiger partial charge on any atom is -0.454 e. The molecule has 0 radical (unpaired) electrons. The van der Waals surface area contributed by atoms with Crippen molar-refractivity contribution in [1.29, 1.82) is 0 Å². The fraction of sp³-hybridized carbons (Fsp3) is 0.130. The lowest BCUT2D eigenvalue weighted by Crippen LogP contribution is -2.45. The molecular formula is C23H19NO4. The van der Waals surface area contributed by atoms with E-state index in [2.05, 4.69) is 0 Å². The molecule has 1 fully saturated rings. The lowest BCUT2D eigenvalue weighted by molar-refractivity contribution is -0.215. The molecule has 0 aliphatic carbocycles. The summed E-state index contributed by atoms with van der Waals surface area (Å²) in [7, 11) is 0. The van der Waals surface area contributed by atoms with Crippen LogP contribution in [0.2, 0.25) is 0 Å². The van der Waals surface area contributed by atoms with Gasteiger partial charge in [0, 0.05) is 0 Å². The molecule has 28 heavy (non-hydrogen) atoms. The van der Waals surface area contributed by atoms with E-state index < -0.39 is 24.1 Å². The fourth-order valence-corrected chi connectivity index (χ4v) is 3.33. The Hall–Kier alpha value is -3.44. The Morgan fingerprint density at radius 1 is 0.821 bits per heavy atom. The molecule has 0 bridgehead atoms. The van der Waals surface area contributed by atoms with E-state index in [1.807, 2.05) is 66.7 Å². The second kappa shape index (κ2) is 8.06. The number of hydroxylamine groups is 2.